The van der Waals surface area contributed by atoms with Crippen LogP contribution in [0.15, 0.2) is 22.7 Å². The summed E-state index contributed by atoms with van der Waals surface area (Å²) in [6.07, 6.45) is -0.165. The van der Waals surface area contributed by atoms with Gasteiger partial charge in [0.05, 0.1) is 10.9 Å². The Kier molecular flexibility index (Phi) is 4.89. The fraction of sp³-hybridized carbons (Fsp3) is 0.200. The van der Waals surface area contributed by atoms with Crippen LogP contribution in [0.3, 0.4) is 0 Å². The van der Waals surface area contributed by atoms with Crippen molar-refractivity contribution >= 4 is 33.6 Å². The predicted molar refractivity (Wildman–Crippen MR) is 63.4 cm³/mol. The molecule has 0 atom stereocenters. The lowest BCUT2D eigenvalue weighted by Gasteiger charge is -2.06. The first-order valence-electron chi connectivity index (χ1n) is 4.70. The Morgan fingerprint density at radius 1 is 1.41 bits per heavy atom. The fourth-order valence-electron chi connectivity index (χ4n) is 1.03. The molecule has 0 aromatic heterocycles. The Balaban J connectivity index is 2.45. The molecule has 0 fully saturated rings. The smallest absolute Gasteiger partial charge is 0.319 e. The molecule has 92 valence electrons. The molecule has 17 heavy (non-hydrogen) atoms. The zero-order valence-electron chi connectivity index (χ0n) is 8.67. The number of nitrogens with one attached hydrogen (secondary N) is 2. The maximum atomic E-state index is 13.1. The minimum atomic E-state index is -1.00. The topological polar surface area (TPSA) is 78.4 Å². The van der Waals surface area contributed by atoms with E-state index in [1.165, 1.54) is 12.1 Å². The second kappa shape index (κ2) is 6.19. The molecule has 1 rings (SSSR count). The molecule has 5 nitrogen and oxygen atoms in total. The Bertz CT molecular complexity index is 440. The van der Waals surface area contributed by atoms with Gasteiger partial charge in [-0.05, 0) is 34.1 Å². The van der Waals surface area contributed by atoms with Crippen LogP contribution < -0.4 is 10.6 Å². The number of anilines is 1. The molecule has 0 spiro atoms. The van der Waals surface area contributed by atoms with Crippen LogP contribution in [0.5, 0.6) is 0 Å². The van der Waals surface area contributed by atoms with Gasteiger partial charge in [-0.25, -0.2) is 9.18 Å². The molecule has 1 aromatic carbocycles. The van der Waals surface area contributed by atoms with Crippen molar-refractivity contribution < 1.29 is 19.1 Å². The molecule has 0 aliphatic rings. The number of aliphatic carboxylic acids is 1. The van der Waals surface area contributed by atoms with Gasteiger partial charge in [0, 0.05) is 12.2 Å². The summed E-state index contributed by atoms with van der Waals surface area (Å²) >= 11 is 2.98. The first-order valence-corrected chi connectivity index (χ1v) is 5.50. The number of urea groups is 1. The highest BCUT2D eigenvalue weighted by molar-refractivity contribution is 9.10. The van der Waals surface area contributed by atoms with Gasteiger partial charge in [-0.15, -0.1) is 0 Å². The lowest BCUT2D eigenvalue weighted by Crippen LogP contribution is -2.30. The number of amides is 2. The summed E-state index contributed by atoms with van der Waals surface area (Å²) in [4.78, 5) is 21.4. The monoisotopic (exact) mass is 304 g/mol. The van der Waals surface area contributed by atoms with Crippen LogP contribution in [0.25, 0.3) is 0 Å². The van der Waals surface area contributed by atoms with Crippen LogP contribution in [-0.2, 0) is 4.79 Å². The third-order valence-corrected chi connectivity index (χ3v) is 2.45. The summed E-state index contributed by atoms with van der Waals surface area (Å²) in [5, 5.41) is 13.1. The van der Waals surface area contributed by atoms with Gasteiger partial charge in [-0.1, -0.05) is 0 Å². The SMILES string of the molecule is O=C(O)CCNC(=O)Nc1ccc(Br)c(F)c1. The molecular weight excluding hydrogens is 295 g/mol. The Hall–Kier alpha value is -1.63. The normalized spacial score (nSPS) is 9.76. The van der Waals surface area contributed by atoms with E-state index in [0.29, 0.717) is 10.2 Å². The zero-order valence-corrected chi connectivity index (χ0v) is 10.3. The molecule has 0 aliphatic carbocycles. The van der Waals surface area contributed by atoms with E-state index in [-0.39, 0.29) is 13.0 Å². The average Bonchev–Trinajstić information content (AvgIpc) is 2.23. The second-order valence-corrected chi connectivity index (χ2v) is 4.01. The average molecular weight is 305 g/mol. The molecule has 0 aliphatic heterocycles. The lowest BCUT2D eigenvalue weighted by atomic mass is 10.3. The van der Waals surface area contributed by atoms with Crippen molar-refractivity contribution in [3.63, 3.8) is 0 Å². The number of carbonyl (C=O) groups is 2. The van der Waals surface area contributed by atoms with Gasteiger partial charge in [0.2, 0.25) is 0 Å². The fourth-order valence-corrected chi connectivity index (χ4v) is 1.28. The summed E-state index contributed by atoms with van der Waals surface area (Å²) in [5.74, 6) is -1.49. The van der Waals surface area contributed by atoms with Gasteiger partial charge in [0.25, 0.3) is 0 Å². The largest absolute Gasteiger partial charge is 0.481 e. The highest BCUT2D eigenvalue weighted by atomic mass is 79.9. The van der Waals surface area contributed by atoms with Crippen LogP contribution in [-0.4, -0.2) is 23.7 Å². The Morgan fingerprint density at radius 2 is 2.12 bits per heavy atom. The summed E-state index contributed by atoms with van der Waals surface area (Å²) in [6.45, 7) is 0.0141. The maximum Gasteiger partial charge on any atom is 0.319 e. The third kappa shape index (κ3) is 4.81. The molecule has 7 heteroatoms. The first-order chi connectivity index (χ1) is 7.99. The summed E-state index contributed by atoms with van der Waals surface area (Å²) in [7, 11) is 0. The van der Waals surface area contributed by atoms with E-state index in [4.69, 9.17) is 5.11 Å². The molecule has 0 radical (unpaired) electrons. The zero-order chi connectivity index (χ0) is 12.8. The molecule has 0 saturated carbocycles. The summed E-state index contributed by atoms with van der Waals surface area (Å²) < 4.78 is 13.4. The number of carboxylic acids is 1. The van der Waals surface area contributed by atoms with Crippen molar-refractivity contribution in [1.82, 2.24) is 5.32 Å². The van der Waals surface area contributed by atoms with E-state index < -0.39 is 17.8 Å². The van der Waals surface area contributed by atoms with E-state index in [1.807, 2.05) is 0 Å². The second-order valence-electron chi connectivity index (χ2n) is 3.15. The molecule has 0 bridgehead atoms. The number of hydrogen-bond donors (Lipinski definition) is 3. The molecule has 0 unspecified atom stereocenters. The number of carboxylic acid groups (broad SMARTS) is 1. The van der Waals surface area contributed by atoms with Crippen LogP contribution in [0.1, 0.15) is 6.42 Å². The summed E-state index contributed by atoms with van der Waals surface area (Å²) in [6, 6.07) is 3.56. The molecular formula is C10H10BrFN2O3. The van der Waals surface area contributed by atoms with E-state index in [9.17, 15) is 14.0 Å². The van der Waals surface area contributed by atoms with Crippen LogP contribution in [0.4, 0.5) is 14.9 Å². The van der Waals surface area contributed by atoms with E-state index in [2.05, 4.69) is 26.6 Å². The number of hydrogen-bond acceptors (Lipinski definition) is 2. The van der Waals surface area contributed by atoms with Crippen molar-refractivity contribution in [2.24, 2.45) is 0 Å². The minimum absolute atomic E-state index is 0.0141. The van der Waals surface area contributed by atoms with Gasteiger partial charge >= 0.3 is 12.0 Å². The highest BCUT2D eigenvalue weighted by Gasteiger charge is 2.05. The Labute approximate surface area is 105 Å². The Morgan fingerprint density at radius 3 is 2.71 bits per heavy atom. The van der Waals surface area contributed by atoms with Gasteiger partial charge in [-0.3, -0.25) is 4.79 Å². The number of halogens is 2. The van der Waals surface area contributed by atoms with Gasteiger partial charge in [0.1, 0.15) is 5.82 Å². The first kappa shape index (κ1) is 13.4. The van der Waals surface area contributed by atoms with Crippen LogP contribution >= 0.6 is 15.9 Å². The van der Waals surface area contributed by atoms with Gasteiger partial charge < -0.3 is 15.7 Å². The highest BCUT2D eigenvalue weighted by Crippen LogP contribution is 2.19. The molecule has 2 amide bonds. The third-order valence-electron chi connectivity index (χ3n) is 1.80. The van der Waals surface area contributed by atoms with Crippen molar-refractivity contribution in [2.75, 3.05) is 11.9 Å². The lowest BCUT2D eigenvalue weighted by molar-refractivity contribution is -0.136. The molecule has 0 saturated heterocycles. The number of rotatable bonds is 4. The molecule has 0 heterocycles. The van der Waals surface area contributed by atoms with Crippen molar-refractivity contribution in [2.45, 2.75) is 6.42 Å². The van der Waals surface area contributed by atoms with Gasteiger partial charge in [0.15, 0.2) is 0 Å². The van der Waals surface area contributed by atoms with E-state index in [0.717, 1.165) is 6.07 Å². The number of benzene rings is 1. The van der Waals surface area contributed by atoms with E-state index in [1.54, 1.807) is 0 Å². The maximum absolute atomic E-state index is 13.1. The molecule has 1 aromatic rings. The van der Waals surface area contributed by atoms with Crippen LogP contribution in [0, 0.1) is 5.82 Å². The summed E-state index contributed by atoms with van der Waals surface area (Å²) in [5.41, 5.74) is 0.290. The minimum Gasteiger partial charge on any atom is -0.481 e. The van der Waals surface area contributed by atoms with Crippen molar-refractivity contribution in [3.8, 4) is 0 Å². The quantitative estimate of drug-likeness (QED) is 0.798. The van der Waals surface area contributed by atoms with Gasteiger partial charge in [-0.2, -0.15) is 0 Å². The van der Waals surface area contributed by atoms with Crippen molar-refractivity contribution in [3.05, 3.63) is 28.5 Å². The number of carbonyl (C=O) groups excluding carboxylic acids is 1. The van der Waals surface area contributed by atoms with Crippen molar-refractivity contribution in [1.29, 1.82) is 0 Å². The molecule has 3 N–H and O–H groups in total. The predicted octanol–water partition coefficient (Wildman–Crippen LogP) is 2.18. The standard InChI is InChI=1S/C10H10BrFN2O3/c11-7-2-1-6(5-8(7)12)14-10(17)13-4-3-9(15)16/h1-2,5H,3-4H2,(H,15,16)(H2,13,14,17). The van der Waals surface area contributed by atoms with Crippen LogP contribution in [0.2, 0.25) is 0 Å². The van der Waals surface area contributed by atoms with E-state index >= 15 is 0 Å².